The molecule has 2 amide bonds. The van der Waals surface area contributed by atoms with E-state index in [4.69, 9.17) is 0 Å². The number of hydrogen-bond acceptors (Lipinski definition) is 4. The summed E-state index contributed by atoms with van der Waals surface area (Å²) in [5.41, 5.74) is -0.641. The maximum Gasteiger partial charge on any atom is 0.235 e. The average Bonchev–Trinajstić information content (AvgIpc) is 2.96. The van der Waals surface area contributed by atoms with Crippen LogP contribution in [0.15, 0.2) is 0 Å². The van der Waals surface area contributed by atoms with E-state index in [-0.39, 0.29) is 17.7 Å². The molecule has 0 bridgehead atoms. The predicted molar refractivity (Wildman–Crippen MR) is 78.2 cm³/mol. The molecule has 0 aromatic rings. The van der Waals surface area contributed by atoms with Crippen molar-refractivity contribution < 1.29 is 9.59 Å². The summed E-state index contributed by atoms with van der Waals surface area (Å²) in [6.45, 7) is 1.83. The fourth-order valence-electron chi connectivity index (χ4n) is 3.31. The van der Waals surface area contributed by atoms with Crippen molar-refractivity contribution in [2.24, 2.45) is 5.92 Å². The van der Waals surface area contributed by atoms with Gasteiger partial charge in [-0.1, -0.05) is 0 Å². The van der Waals surface area contributed by atoms with Crippen LogP contribution >= 0.6 is 0 Å². The zero-order valence-electron chi connectivity index (χ0n) is 12.7. The first-order valence-corrected chi connectivity index (χ1v) is 7.75. The molecule has 6 heteroatoms. The summed E-state index contributed by atoms with van der Waals surface area (Å²) in [4.78, 5) is 25.7. The summed E-state index contributed by atoms with van der Waals surface area (Å²) in [5, 5.41) is 14.9. The Bertz CT molecular complexity index is 429. The number of carbonyl (C=O) groups is 2. The van der Waals surface area contributed by atoms with Gasteiger partial charge in [0.15, 0.2) is 0 Å². The molecule has 0 atom stereocenters. The van der Waals surface area contributed by atoms with Crippen molar-refractivity contribution in [2.45, 2.75) is 44.1 Å². The van der Waals surface area contributed by atoms with Crippen molar-refractivity contribution in [3.8, 4) is 6.07 Å². The molecule has 2 fully saturated rings. The van der Waals surface area contributed by atoms with E-state index in [1.165, 1.54) is 0 Å². The molecule has 1 saturated heterocycles. The Kier molecular flexibility index (Phi) is 5.18. The van der Waals surface area contributed by atoms with Gasteiger partial charge in [0.1, 0.15) is 5.54 Å². The second kappa shape index (κ2) is 6.90. The van der Waals surface area contributed by atoms with E-state index in [9.17, 15) is 14.9 Å². The standard InChI is InChI=1S/C15H24N4O2/c1-17-14(21)12-4-8-19(9-5-12)10-13(20)18-15(11-16)6-2-3-7-15/h12H,2-10H2,1H3,(H,17,21)(H,18,20). The lowest BCUT2D eigenvalue weighted by molar-refractivity contribution is -0.126. The molecular weight excluding hydrogens is 268 g/mol. The molecule has 1 aliphatic carbocycles. The minimum absolute atomic E-state index is 0.0644. The number of likely N-dealkylation sites (tertiary alicyclic amines) is 1. The van der Waals surface area contributed by atoms with Crippen LogP contribution in [-0.2, 0) is 9.59 Å². The van der Waals surface area contributed by atoms with Crippen LogP contribution in [0.4, 0.5) is 0 Å². The first-order valence-electron chi connectivity index (χ1n) is 7.75. The van der Waals surface area contributed by atoms with E-state index in [0.717, 1.165) is 51.6 Å². The van der Waals surface area contributed by atoms with Crippen molar-refractivity contribution in [3.05, 3.63) is 0 Å². The monoisotopic (exact) mass is 292 g/mol. The van der Waals surface area contributed by atoms with Gasteiger partial charge in [0.05, 0.1) is 12.6 Å². The molecule has 2 rings (SSSR count). The third-order valence-corrected chi connectivity index (χ3v) is 4.62. The first kappa shape index (κ1) is 15.8. The van der Waals surface area contributed by atoms with Crippen LogP contribution < -0.4 is 10.6 Å². The molecule has 1 heterocycles. The van der Waals surface area contributed by atoms with E-state index in [2.05, 4.69) is 21.6 Å². The second-order valence-electron chi connectivity index (χ2n) is 6.11. The highest BCUT2D eigenvalue weighted by Crippen LogP contribution is 2.28. The minimum atomic E-state index is -0.641. The van der Waals surface area contributed by atoms with Crippen LogP contribution in [0.5, 0.6) is 0 Å². The van der Waals surface area contributed by atoms with Gasteiger partial charge in [-0.2, -0.15) is 5.26 Å². The lowest BCUT2D eigenvalue weighted by Crippen LogP contribution is -2.50. The van der Waals surface area contributed by atoms with E-state index < -0.39 is 5.54 Å². The summed E-state index contributed by atoms with van der Waals surface area (Å²) in [6.07, 6.45) is 5.10. The summed E-state index contributed by atoms with van der Waals surface area (Å²) in [7, 11) is 1.66. The maximum atomic E-state index is 12.1. The maximum absolute atomic E-state index is 12.1. The summed E-state index contributed by atoms with van der Waals surface area (Å²) in [5.74, 6) is 0.0833. The Labute approximate surface area is 125 Å². The summed E-state index contributed by atoms with van der Waals surface area (Å²) >= 11 is 0. The van der Waals surface area contributed by atoms with Crippen LogP contribution in [0.2, 0.25) is 0 Å². The molecule has 0 unspecified atom stereocenters. The number of nitrogens with zero attached hydrogens (tertiary/aromatic N) is 2. The number of rotatable bonds is 4. The van der Waals surface area contributed by atoms with Crippen LogP contribution in [-0.4, -0.2) is 48.9 Å². The molecule has 1 aliphatic heterocycles. The second-order valence-corrected chi connectivity index (χ2v) is 6.11. The number of piperidine rings is 1. The third kappa shape index (κ3) is 3.94. The molecule has 0 radical (unpaired) electrons. The van der Waals surface area contributed by atoms with Gasteiger partial charge >= 0.3 is 0 Å². The Balaban J connectivity index is 1.77. The Morgan fingerprint density at radius 3 is 2.43 bits per heavy atom. The summed E-state index contributed by atoms with van der Waals surface area (Å²) in [6, 6.07) is 2.27. The van der Waals surface area contributed by atoms with Gasteiger partial charge in [-0.05, 0) is 51.6 Å². The molecular formula is C15H24N4O2. The Morgan fingerprint density at radius 2 is 1.90 bits per heavy atom. The average molecular weight is 292 g/mol. The van der Waals surface area contributed by atoms with E-state index >= 15 is 0 Å². The van der Waals surface area contributed by atoms with Crippen molar-refractivity contribution in [2.75, 3.05) is 26.7 Å². The largest absolute Gasteiger partial charge is 0.359 e. The molecule has 0 spiro atoms. The fraction of sp³-hybridized carbons (Fsp3) is 0.800. The van der Waals surface area contributed by atoms with E-state index in [1.807, 2.05) is 0 Å². The zero-order valence-corrected chi connectivity index (χ0v) is 12.7. The van der Waals surface area contributed by atoms with Gasteiger partial charge in [0, 0.05) is 13.0 Å². The van der Waals surface area contributed by atoms with Crippen LogP contribution in [0.25, 0.3) is 0 Å². The topological polar surface area (TPSA) is 85.2 Å². The quantitative estimate of drug-likeness (QED) is 0.785. The number of nitriles is 1. The van der Waals surface area contributed by atoms with Crippen molar-refractivity contribution in [1.29, 1.82) is 5.26 Å². The lowest BCUT2D eigenvalue weighted by Gasteiger charge is -2.31. The molecule has 0 aromatic heterocycles. The van der Waals surface area contributed by atoms with E-state index in [0.29, 0.717) is 6.54 Å². The highest BCUT2D eigenvalue weighted by molar-refractivity contribution is 5.80. The molecule has 2 N–H and O–H groups in total. The highest BCUT2D eigenvalue weighted by Gasteiger charge is 2.35. The van der Waals surface area contributed by atoms with Crippen LogP contribution in [0.1, 0.15) is 38.5 Å². The van der Waals surface area contributed by atoms with Gasteiger partial charge in [0.2, 0.25) is 11.8 Å². The molecule has 21 heavy (non-hydrogen) atoms. The molecule has 1 saturated carbocycles. The smallest absolute Gasteiger partial charge is 0.235 e. The number of amides is 2. The normalized spacial score (nSPS) is 22.5. The van der Waals surface area contributed by atoms with Crippen LogP contribution in [0, 0.1) is 17.2 Å². The highest BCUT2D eigenvalue weighted by atomic mass is 16.2. The third-order valence-electron chi connectivity index (χ3n) is 4.62. The Hall–Kier alpha value is -1.61. The Morgan fingerprint density at radius 1 is 1.29 bits per heavy atom. The van der Waals surface area contributed by atoms with Gasteiger partial charge < -0.3 is 10.6 Å². The minimum Gasteiger partial charge on any atom is -0.359 e. The number of nitrogens with one attached hydrogen (secondary N) is 2. The van der Waals surface area contributed by atoms with Gasteiger partial charge in [-0.25, -0.2) is 0 Å². The number of hydrogen-bond donors (Lipinski definition) is 2. The van der Waals surface area contributed by atoms with Crippen molar-refractivity contribution in [1.82, 2.24) is 15.5 Å². The number of carbonyl (C=O) groups excluding carboxylic acids is 2. The first-order chi connectivity index (χ1) is 10.1. The molecule has 0 aromatic carbocycles. The van der Waals surface area contributed by atoms with Gasteiger partial charge in [0.25, 0.3) is 0 Å². The summed E-state index contributed by atoms with van der Waals surface area (Å²) < 4.78 is 0. The predicted octanol–water partition coefficient (Wildman–Crippen LogP) is 0.397. The fourth-order valence-corrected chi connectivity index (χ4v) is 3.31. The molecule has 116 valence electrons. The van der Waals surface area contributed by atoms with Crippen molar-refractivity contribution >= 4 is 11.8 Å². The van der Waals surface area contributed by atoms with Gasteiger partial charge in [-0.15, -0.1) is 0 Å². The molecule has 2 aliphatic rings. The lowest BCUT2D eigenvalue weighted by atomic mass is 9.96. The zero-order chi connectivity index (χ0) is 15.3. The van der Waals surface area contributed by atoms with Gasteiger partial charge in [-0.3, -0.25) is 14.5 Å². The van der Waals surface area contributed by atoms with E-state index in [1.54, 1.807) is 7.05 Å². The van der Waals surface area contributed by atoms with Crippen molar-refractivity contribution in [3.63, 3.8) is 0 Å². The van der Waals surface area contributed by atoms with Crippen LogP contribution in [0.3, 0.4) is 0 Å². The SMILES string of the molecule is CNC(=O)C1CCN(CC(=O)NC2(C#N)CCCC2)CC1. The molecule has 6 nitrogen and oxygen atoms in total.